The number of aryl methyl sites for hydroxylation is 1. The van der Waals surface area contributed by atoms with Crippen molar-refractivity contribution in [3.63, 3.8) is 0 Å². The predicted molar refractivity (Wildman–Crippen MR) is 66.8 cm³/mol. The molecule has 0 aliphatic rings. The van der Waals surface area contributed by atoms with Crippen LogP contribution in [-0.4, -0.2) is 4.98 Å². The molecule has 15 heavy (non-hydrogen) atoms. The fourth-order valence-electron chi connectivity index (χ4n) is 1.41. The molecule has 0 fully saturated rings. The smallest absolute Gasteiger partial charge is 0.116 e. The second-order valence-corrected chi connectivity index (χ2v) is 4.41. The topological polar surface area (TPSA) is 12.9 Å². The molecule has 0 aliphatic heterocycles. The molecular weight excluding hydrogens is 202 g/mol. The number of rotatable bonds is 2. The number of benzene rings is 1. The molecule has 1 aromatic carbocycles. The van der Waals surface area contributed by atoms with E-state index in [4.69, 9.17) is 0 Å². The van der Waals surface area contributed by atoms with Gasteiger partial charge in [0.1, 0.15) is 5.01 Å². The molecule has 0 bridgehead atoms. The summed E-state index contributed by atoms with van der Waals surface area (Å²) in [7, 11) is 0. The number of aromatic nitrogens is 1. The van der Waals surface area contributed by atoms with E-state index in [-0.39, 0.29) is 0 Å². The van der Waals surface area contributed by atoms with E-state index in [2.05, 4.69) is 47.6 Å². The highest BCUT2D eigenvalue weighted by Gasteiger charge is 1.97. The Labute approximate surface area is 94.1 Å². The number of hydrogen-bond donors (Lipinski definition) is 0. The first-order valence-corrected chi connectivity index (χ1v) is 5.79. The zero-order chi connectivity index (χ0) is 10.7. The number of hydrogen-bond acceptors (Lipinski definition) is 2. The summed E-state index contributed by atoms with van der Waals surface area (Å²) in [5.41, 5.74) is 3.60. The van der Waals surface area contributed by atoms with Gasteiger partial charge in [-0.15, -0.1) is 11.3 Å². The van der Waals surface area contributed by atoms with Crippen molar-refractivity contribution in [2.75, 3.05) is 0 Å². The van der Waals surface area contributed by atoms with Crippen molar-refractivity contribution in [1.82, 2.24) is 4.98 Å². The molecule has 2 rings (SSSR count). The minimum absolute atomic E-state index is 1.08. The number of allylic oxidation sites excluding steroid dienone is 1. The van der Waals surface area contributed by atoms with Gasteiger partial charge in [-0.2, -0.15) is 0 Å². The Morgan fingerprint density at radius 3 is 2.60 bits per heavy atom. The number of thiazole rings is 1. The Balaban J connectivity index is 2.28. The first-order valence-electron chi connectivity index (χ1n) is 4.91. The summed E-state index contributed by atoms with van der Waals surface area (Å²) in [6, 6.07) is 10.4. The molecule has 2 heteroatoms. The standard InChI is InChI=1S/C13H13NS/c1-10(12-6-4-3-5-7-12)8-13-14-11(2)9-15-13/h3-9H,1-2H3/b10-8+. The van der Waals surface area contributed by atoms with E-state index in [9.17, 15) is 0 Å². The summed E-state index contributed by atoms with van der Waals surface area (Å²) in [6.45, 7) is 4.14. The van der Waals surface area contributed by atoms with Gasteiger partial charge in [0.25, 0.3) is 0 Å². The monoisotopic (exact) mass is 215 g/mol. The molecule has 1 heterocycles. The van der Waals surface area contributed by atoms with E-state index in [0.717, 1.165) is 10.7 Å². The van der Waals surface area contributed by atoms with Crippen LogP contribution >= 0.6 is 11.3 Å². The molecule has 0 amide bonds. The van der Waals surface area contributed by atoms with Crippen LogP contribution in [0.2, 0.25) is 0 Å². The molecule has 2 aromatic rings. The van der Waals surface area contributed by atoms with Crippen molar-refractivity contribution >= 4 is 23.0 Å². The van der Waals surface area contributed by atoms with Gasteiger partial charge in [0.2, 0.25) is 0 Å². The third-order valence-electron chi connectivity index (χ3n) is 2.21. The summed E-state index contributed by atoms with van der Waals surface area (Å²) in [6.07, 6.45) is 2.13. The maximum atomic E-state index is 4.42. The molecule has 0 aliphatic carbocycles. The van der Waals surface area contributed by atoms with E-state index >= 15 is 0 Å². The summed E-state index contributed by atoms with van der Waals surface area (Å²) < 4.78 is 0. The fraction of sp³-hybridized carbons (Fsp3) is 0.154. The second-order valence-electron chi connectivity index (χ2n) is 3.52. The lowest BCUT2D eigenvalue weighted by atomic mass is 10.1. The highest BCUT2D eigenvalue weighted by molar-refractivity contribution is 7.10. The largest absolute Gasteiger partial charge is 0.242 e. The molecule has 0 spiro atoms. The van der Waals surface area contributed by atoms with Crippen LogP contribution in [-0.2, 0) is 0 Å². The van der Waals surface area contributed by atoms with E-state index in [1.54, 1.807) is 11.3 Å². The molecule has 0 radical (unpaired) electrons. The minimum Gasteiger partial charge on any atom is -0.242 e. The van der Waals surface area contributed by atoms with E-state index in [1.807, 2.05) is 13.0 Å². The average Bonchev–Trinajstić information content (AvgIpc) is 2.65. The maximum absolute atomic E-state index is 4.42. The van der Waals surface area contributed by atoms with Gasteiger partial charge in [-0.3, -0.25) is 0 Å². The highest BCUT2D eigenvalue weighted by atomic mass is 32.1. The van der Waals surface area contributed by atoms with E-state index in [0.29, 0.717) is 0 Å². The zero-order valence-corrected chi connectivity index (χ0v) is 9.71. The van der Waals surface area contributed by atoms with E-state index in [1.165, 1.54) is 11.1 Å². The van der Waals surface area contributed by atoms with Crippen LogP contribution in [0.1, 0.15) is 23.2 Å². The van der Waals surface area contributed by atoms with Gasteiger partial charge in [-0.05, 0) is 31.1 Å². The first kappa shape index (κ1) is 10.1. The van der Waals surface area contributed by atoms with Gasteiger partial charge in [0.15, 0.2) is 0 Å². The summed E-state index contributed by atoms with van der Waals surface area (Å²) in [4.78, 5) is 4.42. The summed E-state index contributed by atoms with van der Waals surface area (Å²) in [5.74, 6) is 0. The predicted octanol–water partition coefficient (Wildman–Crippen LogP) is 4.01. The van der Waals surface area contributed by atoms with Crippen LogP contribution in [0.15, 0.2) is 35.7 Å². The zero-order valence-electron chi connectivity index (χ0n) is 8.90. The maximum Gasteiger partial charge on any atom is 0.116 e. The molecule has 0 atom stereocenters. The third-order valence-corrected chi connectivity index (χ3v) is 3.12. The Hall–Kier alpha value is -1.41. The van der Waals surface area contributed by atoms with Crippen LogP contribution in [0.5, 0.6) is 0 Å². The van der Waals surface area contributed by atoms with Gasteiger partial charge in [-0.25, -0.2) is 4.98 Å². The van der Waals surface area contributed by atoms with Crippen molar-refractivity contribution < 1.29 is 0 Å². The van der Waals surface area contributed by atoms with E-state index < -0.39 is 0 Å². The Bertz CT molecular complexity index is 468. The number of nitrogens with zero attached hydrogens (tertiary/aromatic N) is 1. The third kappa shape index (κ3) is 2.54. The van der Waals surface area contributed by atoms with Crippen LogP contribution in [0.3, 0.4) is 0 Å². The molecule has 1 nitrogen and oxygen atoms in total. The molecule has 0 N–H and O–H groups in total. The van der Waals surface area contributed by atoms with Crippen LogP contribution in [0.4, 0.5) is 0 Å². The summed E-state index contributed by atoms with van der Waals surface area (Å²) in [5, 5.41) is 3.15. The van der Waals surface area contributed by atoms with Crippen molar-refractivity contribution in [3.8, 4) is 0 Å². The van der Waals surface area contributed by atoms with Crippen LogP contribution in [0, 0.1) is 6.92 Å². The molecular formula is C13H13NS. The molecule has 0 saturated heterocycles. The van der Waals surface area contributed by atoms with Gasteiger partial charge in [0.05, 0.1) is 0 Å². The lowest BCUT2D eigenvalue weighted by molar-refractivity contribution is 1.25. The van der Waals surface area contributed by atoms with Gasteiger partial charge < -0.3 is 0 Å². The quantitative estimate of drug-likeness (QED) is 0.737. The Morgan fingerprint density at radius 2 is 2.00 bits per heavy atom. The highest BCUT2D eigenvalue weighted by Crippen LogP contribution is 2.19. The SMILES string of the molecule is C/C(=C\c1nc(C)cs1)c1ccccc1. The molecule has 0 saturated carbocycles. The van der Waals surface area contributed by atoms with Gasteiger partial charge >= 0.3 is 0 Å². The average molecular weight is 215 g/mol. The first-order chi connectivity index (χ1) is 7.25. The second kappa shape index (κ2) is 4.41. The van der Waals surface area contributed by atoms with Crippen molar-refractivity contribution in [2.45, 2.75) is 13.8 Å². The minimum atomic E-state index is 1.08. The van der Waals surface area contributed by atoms with Crippen molar-refractivity contribution in [3.05, 3.63) is 52.0 Å². The lowest BCUT2D eigenvalue weighted by Crippen LogP contribution is -1.78. The molecule has 76 valence electrons. The molecule has 0 unspecified atom stereocenters. The lowest BCUT2D eigenvalue weighted by Gasteiger charge is -1.98. The summed E-state index contributed by atoms with van der Waals surface area (Å²) >= 11 is 1.69. The van der Waals surface area contributed by atoms with Crippen LogP contribution in [0.25, 0.3) is 11.6 Å². The van der Waals surface area contributed by atoms with Crippen molar-refractivity contribution in [1.29, 1.82) is 0 Å². The van der Waals surface area contributed by atoms with Crippen LogP contribution < -0.4 is 0 Å². The normalized spacial score (nSPS) is 11.7. The van der Waals surface area contributed by atoms with Crippen molar-refractivity contribution in [2.24, 2.45) is 0 Å². The Kier molecular flexibility index (Phi) is 2.97. The fourth-order valence-corrected chi connectivity index (χ4v) is 2.19. The van der Waals surface area contributed by atoms with Gasteiger partial charge in [0, 0.05) is 11.1 Å². The van der Waals surface area contributed by atoms with Gasteiger partial charge in [-0.1, -0.05) is 30.3 Å². The Morgan fingerprint density at radius 1 is 1.27 bits per heavy atom. The molecule has 1 aromatic heterocycles.